The highest BCUT2D eigenvalue weighted by molar-refractivity contribution is 5.85. The molecule has 1 saturated heterocycles. The maximum Gasteiger partial charge on any atom is 0.243 e. The van der Waals surface area contributed by atoms with Gasteiger partial charge in [0.15, 0.2) is 5.96 Å². The number of carbonyl (C=O) groups is 1. The van der Waals surface area contributed by atoms with Gasteiger partial charge < -0.3 is 20.4 Å². The van der Waals surface area contributed by atoms with E-state index in [0.717, 1.165) is 31.7 Å². The number of aryl methyl sites for hydroxylation is 1. The Morgan fingerprint density at radius 2 is 2.15 bits per heavy atom. The zero-order chi connectivity index (χ0) is 18.9. The van der Waals surface area contributed by atoms with E-state index in [4.69, 9.17) is 0 Å². The van der Waals surface area contributed by atoms with Crippen molar-refractivity contribution in [3.05, 3.63) is 36.5 Å². The van der Waals surface area contributed by atoms with Crippen LogP contribution in [0.1, 0.15) is 18.4 Å². The molecule has 0 aliphatic carbocycles. The highest BCUT2D eigenvalue weighted by Crippen LogP contribution is 2.17. The van der Waals surface area contributed by atoms with Crippen molar-refractivity contribution in [2.75, 3.05) is 45.2 Å². The summed E-state index contributed by atoms with van der Waals surface area (Å²) in [5.74, 6) is 1.67. The molecule has 142 valence electrons. The molecule has 26 heavy (non-hydrogen) atoms. The van der Waals surface area contributed by atoms with Crippen molar-refractivity contribution in [2.45, 2.75) is 25.8 Å². The third kappa shape index (κ3) is 6.06. The van der Waals surface area contributed by atoms with Gasteiger partial charge in [-0.3, -0.25) is 4.79 Å². The summed E-state index contributed by atoms with van der Waals surface area (Å²) in [6.07, 6.45) is 5.67. The Morgan fingerprint density at radius 3 is 2.73 bits per heavy atom. The second-order valence-electron chi connectivity index (χ2n) is 6.72. The average molecular weight is 358 g/mol. The van der Waals surface area contributed by atoms with Crippen molar-refractivity contribution in [2.24, 2.45) is 4.99 Å². The zero-order valence-electron chi connectivity index (χ0n) is 16.0. The number of nitrogens with zero attached hydrogens (tertiary/aromatic N) is 4. The number of aliphatic imine (C=N–C) groups is 1. The summed E-state index contributed by atoms with van der Waals surface area (Å²) in [6.45, 7) is 8.39. The summed E-state index contributed by atoms with van der Waals surface area (Å²) in [4.78, 5) is 24.5. The summed E-state index contributed by atoms with van der Waals surface area (Å²) >= 11 is 0. The number of rotatable bonds is 6. The molecule has 2 N–H and O–H groups in total. The van der Waals surface area contributed by atoms with Crippen molar-refractivity contribution in [3.8, 4) is 0 Å². The molecular weight excluding hydrogens is 328 g/mol. The number of aromatic nitrogens is 1. The number of amides is 1. The molecule has 0 atom stereocenters. The van der Waals surface area contributed by atoms with Gasteiger partial charge in [-0.2, -0.15) is 0 Å². The molecule has 0 aromatic carbocycles. The van der Waals surface area contributed by atoms with E-state index in [1.807, 2.05) is 13.1 Å². The van der Waals surface area contributed by atoms with Crippen LogP contribution in [-0.2, 0) is 4.79 Å². The summed E-state index contributed by atoms with van der Waals surface area (Å²) in [6, 6.07) is 4.49. The Hall–Kier alpha value is -2.57. The molecule has 2 rings (SSSR count). The fourth-order valence-corrected chi connectivity index (χ4v) is 2.70. The SMILES string of the molecule is C=CCNC(=NCC(=O)N(C)C)NC1CCN(c2ccc(C)cn2)CC1. The second kappa shape index (κ2) is 9.79. The van der Waals surface area contributed by atoms with E-state index in [1.54, 1.807) is 25.1 Å². The molecular formula is C19H30N6O. The topological polar surface area (TPSA) is 72.9 Å². The average Bonchev–Trinajstić information content (AvgIpc) is 2.64. The van der Waals surface area contributed by atoms with Gasteiger partial charge in [-0.1, -0.05) is 12.1 Å². The molecule has 0 saturated carbocycles. The molecule has 1 aromatic heterocycles. The van der Waals surface area contributed by atoms with Crippen LogP contribution >= 0.6 is 0 Å². The van der Waals surface area contributed by atoms with E-state index in [2.05, 4.69) is 44.2 Å². The number of piperidine rings is 1. The van der Waals surface area contributed by atoms with E-state index in [0.29, 0.717) is 18.5 Å². The van der Waals surface area contributed by atoms with Crippen molar-refractivity contribution >= 4 is 17.7 Å². The number of pyridine rings is 1. The van der Waals surface area contributed by atoms with Gasteiger partial charge in [0.1, 0.15) is 12.4 Å². The zero-order valence-corrected chi connectivity index (χ0v) is 16.0. The number of hydrogen-bond donors (Lipinski definition) is 2. The van der Waals surface area contributed by atoms with Gasteiger partial charge in [0.05, 0.1) is 0 Å². The number of hydrogen-bond acceptors (Lipinski definition) is 4. The third-order valence-electron chi connectivity index (χ3n) is 4.34. The quantitative estimate of drug-likeness (QED) is 0.454. The van der Waals surface area contributed by atoms with Crippen LogP contribution in [0.4, 0.5) is 5.82 Å². The predicted molar refractivity (Wildman–Crippen MR) is 107 cm³/mol. The molecule has 0 radical (unpaired) electrons. The van der Waals surface area contributed by atoms with Crippen LogP contribution < -0.4 is 15.5 Å². The number of nitrogens with one attached hydrogen (secondary N) is 2. The molecule has 1 aliphatic heterocycles. The van der Waals surface area contributed by atoms with Crippen LogP contribution in [0, 0.1) is 6.92 Å². The van der Waals surface area contributed by atoms with Crippen LogP contribution in [0.15, 0.2) is 36.0 Å². The van der Waals surface area contributed by atoms with Gasteiger partial charge in [-0.05, 0) is 31.4 Å². The van der Waals surface area contributed by atoms with E-state index in [-0.39, 0.29) is 12.5 Å². The van der Waals surface area contributed by atoms with Gasteiger partial charge >= 0.3 is 0 Å². The minimum atomic E-state index is -0.0232. The van der Waals surface area contributed by atoms with Crippen LogP contribution in [0.3, 0.4) is 0 Å². The Morgan fingerprint density at radius 1 is 1.42 bits per heavy atom. The van der Waals surface area contributed by atoms with Crippen LogP contribution in [0.2, 0.25) is 0 Å². The molecule has 1 amide bonds. The molecule has 1 fully saturated rings. The largest absolute Gasteiger partial charge is 0.356 e. The van der Waals surface area contributed by atoms with E-state index in [1.165, 1.54) is 5.56 Å². The number of likely N-dealkylation sites (N-methyl/N-ethyl adjacent to an activating group) is 1. The Kier molecular flexibility index (Phi) is 7.44. The molecule has 1 aliphatic rings. The lowest BCUT2D eigenvalue weighted by Crippen LogP contribution is -2.49. The van der Waals surface area contributed by atoms with Gasteiger partial charge in [0, 0.05) is 46.0 Å². The molecule has 1 aromatic rings. The van der Waals surface area contributed by atoms with Gasteiger partial charge in [-0.25, -0.2) is 9.98 Å². The molecule has 7 heteroatoms. The summed E-state index contributed by atoms with van der Waals surface area (Å²) < 4.78 is 0. The van der Waals surface area contributed by atoms with Crippen LogP contribution in [-0.4, -0.2) is 68.1 Å². The highest BCUT2D eigenvalue weighted by Gasteiger charge is 2.21. The predicted octanol–water partition coefficient (Wildman–Crippen LogP) is 1.17. The first-order valence-electron chi connectivity index (χ1n) is 9.03. The Balaban J connectivity index is 1.89. The molecule has 0 bridgehead atoms. The lowest BCUT2D eigenvalue weighted by Gasteiger charge is -2.33. The number of guanidine groups is 1. The highest BCUT2D eigenvalue weighted by atomic mass is 16.2. The van der Waals surface area contributed by atoms with E-state index < -0.39 is 0 Å². The fraction of sp³-hybridized carbons (Fsp3) is 0.526. The summed E-state index contributed by atoms with van der Waals surface area (Å²) in [5.41, 5.74) is 1.17. The van der Waals surface area contributed by atoms with Crippen molar-refractivity contribution < 1.29 is 4.79 Å². The first-order chi connectivity index (χ1) is 12.5. The minimum absolute atomic E-state index is 0.0232. The van der Waals surface area contributed by atoms with E-state index >= 15 is 0 Å². The van der Waals surface area contributed by atoms with Gasteiger partial charge in [0.25, 0.3) is 0 Å². The number of anilines is 1. The third-order valence-corrected chi connectivity index (χ3v) is 4.34. The maximum absolute atomic E-state index is 11.8. The monoisotopic (exact) mass is 358 g/mol. The van der Waals surface area contributed by atoms with Crippen LogP contribution in [0.25, 0.3) is 0 Å². The molecule has 7 nitrogen and oxygen atoms in total. The maximum atomic E-state index is 11.8. The fourth-order valence-electron chi connectivity index (χ4n) is 2.70. The normalized spacial score (nSPS) is 15.5. The second-order valence-corrected chi connectivity index (χ2v) is 6.72. The summed E-state index contributed by atoms with van der Waals surface area (Å²) in [7, 11) is 3.47. The number of carbonyl (C=O) groups excluding carboxylic acids is 1. The first-order valence-corrected chi connectivity index (χ1v) is 9.03. The first kappa shape index (κ1) is 19.8. The van der Waals surface area contributed by atoms with Crippen molar-refractivity contribution in [3.63, 3.8) is 0 Å². The molecule has 0 unspecified atom stereocenters. The van der Waals surface area contributed by atoms with Gasteiger partial charge in [-0.15, -0.1) is 6.58 Å². The van der Waals surface area contributed by atoms with Crippen molar-refractivity contribution in [1.82, 2.24) is 20.5 Å². The molecule has 0 spiro atoms. The smallest absolute Gasteiger partial charge is 0.243 e. The summed E-state index contributed by atoms with van der Waals surface area (Å²) in [5, 5.41) is 6.62. The standard InChI is InChI=1S/C19H30N6O/c1-5-10-20-19(22-14-18(26)24(3)4)23-16-8-11-25(12-9-16)17-7-6-15(2)13-21-17/h5-7,13,16H,1,8-12,14H2,2-4H3,(H2,20,22,23). The lowest BCUT2D eigenvalue weighted by molar-refractivity contribution is -0.127. The minimum Gasteiger partial charge on any atom is -0.356 e. The van der Waals surface area contributed by atoms with Crippen molar-refractivity contribution in [1.29, 1.82) is 0 Å². The lowest BCUT2D eigenvalue weighted by atomic mass is 10.1. The molecule has 2 heterocycles. The van der Waals surface area contributed by atoms with E-state index in [9.17, 15) is 4.79 Å². The van der Waals surface area contributed by atoms with Crippen LogP contribution in [0.5, 0.6) is 0 Å². The Bertz CT molecular complexity index is 617. The van der Waals surface area contributed by atoms with Gasteiger partial charge in [0.2, 0.25) is 5.91 Å². The Labute approximate surface area is 156 Å².